The Bertz CT molecular complexity index is 1370. The van der Waals surface area contributed by atoms with Gasteiger partial charge in [0.05, 0.1) is 43.0 Å². The van der Waals surface area contributed by atoms with E-state index in [9.17, 15) is 13.5 Å². The Kier molecular flexibility index (Phi) is 6.17. The normalized spacial score (nSPS) is 12.4. The van der Waals surface area contributed by atoms with Gasteiger partial charge in [-0.05, 0) is 23.8 Å². The summed E-state index contributed by atoms with van der Waals surface area (Å²) in [5.74, 6) is 0.327. The molecule has 0 fully saturated rings. The maximum absolute atomic E-state index is 13.0. The third-order valence-corrected chi connectivity index (χ3v) is 6.48. The number of rotatable bonds is 9. The number of methoxy groups -OCH3 is 2. The highest BCUT2D eigenvalue weighted by Crippen LogP contribution is 2.26. The number of aliphatic hydroxyl groups is 1. The quantitative estimate of drug-likeness (QED) is 0.374. The number of ether oxygens (including phenoxy) is 2. The molecule has 4 rings (SSSR count). The van der Waals surface area contributed by atoms with Crippen LogP contribution in [0.4, 0.5) is 5.69 Å². The molecule has 33 heavy (non-hydrogen) atoms. The average molecular weight is 473 g/mol. The van der Waals surface area contributed by atoms with Gasteiger partial charge in [0.1, 0.15) is 10.5 Å². The number of benzene rings is 1. The number of fused-ring (bicyclic) bond motifs is 1. The lowest BCUT2D eigenvalue weighted by molar-refractivity contribution is -0.0824. The van der Waals surface area contributed by atoms with Crippen LogP contribution in [0.15, 0.2) is 60.0 Å². The van der Waals surface area contributed by atoms with E-state index in [1.807, 2.05) is 6.07 Å². The van der Waals surface area contributed by atoms with Crippen LogP contribution >= 0.6 is 0 Å². The van der Waals surface area contributed by atoms with Gasteiger partial charge in [0, 0.05) is 32.9 Å². The summed E-state index contributed by atoms with van der Waals surface area (Å²) >= 11 is 0. The van der Waals surface area contributed by atoms with E-state index in [2.05, 4.69) is 19.9 Å². The van der Waals surface area contributed by atoms with E-state index in [4.69, 9.17) is 9.47 Å². The summed E-state index contributed by atoms with van der Waals surface area (Å²) in [7, 11) is 0.764. The maximum Gasteiger partial charge on any atom is 0.265 e. The zero-order valence-electron chi connectivity index (χ0n) is 18.3. The van der Waals surface area contributed by atoms with E-state index in [1.165, 1.54) is 37.5 Å². The van der Waals surface area contributed by atoms with Gasteiger partial charge in [-0.3, -0.25) is 9.40 Å². The molecular formula is C21H24N6O5S. The van der Waals surface area contributed by atoms with E-state index < -0.39 is 15.6 Å². The van der Waals surface area contributed by atoms with Crippen LogP contribution in [0, 0.1) is 0 Å². The summed E-state index contributed by atoms with van der Waals surface area (Å²) in [6.45, 7) is 0.0129. The van der Waals surface area contributed by atoms with Crippen LogP contribution in [-0.2, 0) is 32.1 Å². The first-order valence-corrected chi connectivity index (χ1v) is 11.4. The standard InChI is InChI=1S/C21H24N6O5S/c1-26-20-15(10-23-26)5-4-6-18(20)25-33(29,30)17-11-24-27(12-17)19-9-16(7-8-22-19)21(28,13-31-2)14-32-3/h4-12,25,28H,13-14H2,1-3H3. The van der Waals surface area contributed by atoms with Gasteiger partial charge in [-0.1, -0.05) is 12.1 Å². The van der Waals surface area contributed by atoms with Crippen molar-refractivity contribution >= 4 is 26.6 Å². The van der Waals surface area contributed by atoms with Crippen LogP contribution in [-0.4, -0.2) is 65.5 Å². The number of nitrogens with one attached hydrogen (secondary N) is 1. The smallest absolute Gasteiger partial charge is 0.265 e. The molecule has 0 amide bonds. The van der Waals surface area contributed by atoms with Crippen LogP contribution in [0.2, 0.25) is 0 Å². The molecule has 4 aromatic rings. The predicted octanol–water partition coefficient (Wildman–Crippen LogP) is 1.44. The molecular weight excluding hydrogens is 448 g/mol. The van der Waals surface area contributed by atoms with Crippen LogP contribution in [0.5, 0.6) is 0 Å². The lowest BCUT2D eigenvalue weighted by Crippen LogP contribution is -2.36. The number of hydrogen-bond acceptors (Lipinski definition) is 8. The zero-order chi connectivity index (χ0) is 23.6. The highest BCUT2D eigenvalue weighted by molar-refractivity contribution is 7.92. The second-order valence-electron chi connectivity index (χ2n) is 7.54. The van der Waals surface area contributed by atoms with Gasteiger partial charge >= 0.3 is 0 Å². The second kappa shape index (κ2) is 8.90. The van der Waals surface area contributed by atoms with Crippen molar-refractivity contribution in [1.82, 2.24) is 24.5 Å². The molecule has 0 radical (unpaired) electrons. The second-order valence-corrected chi connectivity index (χ2v) is 9.22. The predicted molar refractivity (Wildman–Crippen MR) is 121 cm³/mol. The molecule has 3 heterocycles. The van der Waals surface area contributed by atoms with E-state index in [0.29, 0.717) is 22.6 Å². The molecule has 0 aliphatic rings. The SMILES string of the molecule is COCC(O)(COC)c1ccnc(-n2cc(S(=O)(=O)Nc3cccc4cnn(C)c34)cn2)c1. The molecule has 1 aromatic carbocycles. The third kappa shape index (κ3) is 4.46. The molecule has 174 valence electrons. The molecule has 0 unspecified atom stereocenters. The molecule has 3 aromatic heterocycles. The minimum atomic E-state index is -3.93. The summed E-state index contributed by atoms with van der Waals surface area (Å²) in [6, 6.07) is 8.51. The maximum atomic E-state index is 13.0. The molecule has 0 aliphatic heterocycles. The largest absolute Gasteiger partial charge is 0.381 e. The van der Waals surface area contributed by atoms with Crippen LogP contribution in [0.3, 0.4) is 0 Å². The molecule has 11 nitrogen and oxygen atoms in total. The Hall–Kier alpha value is -3.32. The summed E-state index contributed by atoms with van der Waals surface area (Å²) in [5.41, 5.74) is 0.173. The Morgan fingerprint density at radius 1 is 1.12 bits per heavy atom. The van der Waals surface area contributed by atoms with Crippen molar-refractivity contribution in [1.29, 1.82) is 0 Å². The third-order valence-electron chi connectivity index (χ3n) is 5.16. The van der Waals surface area contributed by atoms with E-state index in [1.54, 1.807) is 42.2 Å². The lowest BCUT2D eigenvalue weighted by atomic mass is 9.96. The van der Waals surface area contributed by atoms with Gasteiger partial charge in [-0.25, -0.2) is 18.1 Å². The van der Waals surface area contributed by atoms with Gasteiger partial charge in [0.25, 0.3) is 10.0 Å². The van der Waals surface area contributed by atoms with Crippen molar-refractivity contribution in [2.75, 3.05) is 32.2 Å². The van der Waals surface area contributed by atoms with Crippen LogP contribution in [0.1, 0.15) is 5.56 Å². The fourth-order valence-corrected chi connectivity index (χ4v) is 4.61. The fraction of sp³-hybridized carbons (Fsp3) is 0.286. The van der Waals surface area contributed by atoms with Gasteiger partial charge in [-0.2, -0.15) is 10.2 Å². The van der Waals surface area contributed by atoms with Crippen LogP contribution < -0.4 is 4.72 Å². The molecule has 0 bridgehead atoms. The summed E-state index contributed by atoms with van der Waals surface area (Å²) in [5, 5.41) is 20.1. The van der Waals surface area contributed by atoms with E-state index in [-0.39, 0.29) is 18.1 Å². The number of aryl methyl sites for hydroxylation is 1. The summed E-state index contributed by atoms with van der Waals surface area (Å²) in [4.78, 5) is 4.21. The summed E-state index contributed by atoms with van der Waals surface area (Å²) < 4.78 is 41.9. The topological polar surface area (TPSA) is 133 Å². The Morgan fingerprint density at radius 3 is 2.61 bits per heavy atom. The van der Waals surface area contributed by atoms with Crippen molar-refractivity contribution in [2.24, 2.45) is 7.05 Å². The average Bonchev–Trinajstić information content (AvgIpc) is 3.43. The molecule has 0 spiro atoms. The molecule has 0 atom stereocenters. The minimum absolute atomic E-state index is 0.00646. The molecule has 2 N–H and O–H groups in total. The number of sulfonamides is 1. The minimum Gasteiger partial charge on any atom is -0.381 e. The van der Waals surface area contributed by atoms with Crippen molar-refractivity contribution in [3.05, 3.63) is 60.7 Å². The number of para-hydroxylation sites is 1. The fourth-order valence-electron chi connectivity index (χ4n) is 3.61. The number of pyridine rings is 1. The van der Waals surface area contributed by atoms with Crippen LogP contribution in [0.25, 0.3) is 16.7 Å². The first-order valence-electron chi connectivity index (χ1n) is 9.93. The zero-order valence-corrected chi connectivity index (χ0v) is 19.2. The Morgan fingerprint density at radius 2 is 1.88 bits per heavy atom. The first-order chi connectivity index (χ1) is 15.8. The number of nitrogens with zero attached hydrogens (tertiary/aromatic N) is 5. The lowest BCUT2D eigenvalue weighted by Gasteiger charge is -2.27. The van der Waals surface area contributed by atoms with Gasteiger partial charge in [-0.15, -0.1) is 0 Å². The van der Waals surface area contributed by atoms with E-state index in [0.717, 1.165) is 5.39 Å². The molecule has 12 heteroatoms. The van der Waals surface area contributed by atoms with E-state index >= 15 is 0 Å². The summed E-state index contributed by atoms with van der Waals surface area (Å²) in [6.07, 6.45) is 5.75. The molecule has 0 aliphatic carbocycles. The van der Waals surface area contributed by atoms with Gasteiger partial charge in [0.2, 0.25) is 0 Å². The number of anilines is 1. The number of hydrogen-bond donors (Lipinski definition) is 2. The molecule has 0 saturated carbocycles. The Balaban J connectivity index is 1.64. The van der Waals surface area contributed by atoms with Crippen molar-refractivity contribution in [3.63, 3.8) is 0 Å². The highest BCUT2D eigenvalue weighted by Gasteiger charge is 2.30. The highest BCUT2D eigenvalue weighted by atomic mass is 32.2. The van der Waals surface area contributed by atoms with Gasteiger partial charge < -0.3 is 14.6 Å². The van der Waals surface area contributed by atoms with Crippen molar-refractivity contribution in [2.45, 2.75) is 10.5 Å². The molecule has 0 saturated heterocycles. The van der Waals surface area contributed by atoms with Gasteiger partial charge in [0.15, 0.2) is 5.82 Å². The monoisotopic (exact) mass is 472 g/mol. The number of aromatic nitrogens is 5. The van der Waals surface area contributed by atoms with Crippen molar-refractivity contribution in [3.8, 4) is 5.82 Å². The Labute approximate surface area is 190 Å². The first kappa shape index (κ1) is 22.9. The van der Waals surface area contributed by atoms with Crippen molar-refractivity contribution < 1.29 is 23.0 Å².